The molecule has 0 aromatic carbocycles. The monoisotopic (exact) mass is 475 g/mol. The zero-order valence-corrected chi connectivity index (χ0v) is 19.6. The molecule has 2 heterocycles. The highest BCUT2D eigenvalue weighted by Crippen LogP contribution is 2.31. The van der Waals surface area contributed by atoms with E-state index in [1.807, 2.05) is 13.0 Å². The lowest BCUT2D eigenvalue weighted by Gasteiger charge is -2.49. The molecule has 0 aromatic rings. The van der Waals surface area contributed by atoms with Crippen molar-refractivity contribution in [2.24, 2.45) is 17.2 Å². The summed E-state index contributed by atoms with van der Waals surface area (Å²) >= 11 is 0. The minimum Gasteiger partial charge on any atom is -0.467 e. The average Bonchev–Trinajstić information content (AvgIpc) is 2.76. The van der Waals surface area contributed by atoms with Crippen LogP contribution in [0.1, 0.15) is 26.7 Å². The number of nitrogens with one attached hydrogen (secondary N) is 2. The third-order valence-electron chi connectivity index (χ3n) is 6.64. The van der Waals surface area contributed by atoms with E-state index in [1.165, 1.54) is 0 Å². The van der Waals surface area contributed by atoms with Crippen molar-refractivity contribution in [3.05, 3.63) is 11.8 Å². The maximum absolute atomic E-state index is 11.3. The van der Waals surface area contributed by atoms with Crippen LogP contribution in [0.15, 0.2) is 11.8 Å². The van der Waals surface area contributed by atoms with E-state index >= 15 is 0 Å². The number of hydrogen-bond donors (Lipinski definition) is 8. The molecular weight excluding hydrogens is 434 g/mol. The molecule has 1 saturated heterocycles. The molecule has 0 bridgehead atoms. The van der Waals surface area contributed by atoms with Crippen LogP contribution in [-0.4, -0.2) is 109 Å². The van der Waals surface area contributed by atoms with Gasteiger partial charge in [-0.1, -0.05) is 6.92 Å². The SMILES string of the molecule is CCN[C@@H]1C[C@H](N)[C@@H](O[C@@H]2OC(CN)=CC[C@H]2N)[C@H](O)[C@H]1O[C@H]1OC[C@](C)(O)[C@H](NC)[C@H]1O. The van der Waals surface area contributed by atoms with E-state index in [-0.39, 0.29) is 19.2 Å². The maximum Gasteiger partial charge on any atom is 0.215 e. The topological polar surface area (TPSA) is 200 Å². The predicted molar refractivity (Wildman–Crippen MR) is 120 cm³/mol. The van der Waals surface area contributed by atoms with Gasteiger partial charge in [0.15, 0.2) is 6.29 Å². The average molecular weight is 476 g/mol. The third-order valence-corrected chi connectivity index (χ3v) is 6.64. The first-order valence-electron chi connectivity index (χ1n) is 11.6. The van der Waals surface area contributed by atoms with Crippen molar-refractivity contribution in [3.63, 3.8) is 0 Å². The Morgan fingerprint density at radius 1 is 1.15 bits per heavy atom. The van der Waals surface area contributed by atoms with Gasteiger partial charge in [0, 0.05) is 12.1 Å². The minimum atomic E-state index is -1.28. The summed E-state index contributed by atoms with van der Waals surface area (Å²) in [4.78, 5) is 0. The summed E-state index contributed by atoms with van der Waals surface area (Å²) in [6.45, 7) is 4.30. The highest BCUT2D eigenvalue weighted by molar-refractivity contribution is 5.05. The molecule has 0 aromatic heterocycles. The third kappa shape index (κ3) is 5.85. The van der Waals surface area contributed by atoms with Crippen LogP contribution in [0.5, 0.6) is 0 Å². The Balaban J connectivity index is 1.75. The van der Waals surface area contributed by atoms with E-state index in [2.05, 4.69) is 10.6 Å². The van der Waals surface area contributed by atoms with Gasteiger partial charge < -0.3 is 62.1 Å². The molecule has 3 rings (SSSR count). The zero-order chi connectivity index (χ0) is 24.3. The molecule has 3 aliphatic rings. The molecule has 11 N–H and O–H groups in total. The van der Waals surface area contributed by atoms with Gasteiger partial charge in [-0.3, -0.25) is 0 Å². The fourth-order valence-corrected chi connectivity index (χ4v) is 4.86. The molecule has 33 heavy (non-hydrogen) atoms. The molecular formula is C21H41N5O7. The number of rotatable bonds is 8. The van der Waals surface area contributed by atoms with Gasteiger partial charge in [-0.15, -0.1) is 0 Å². The number of hydrogen-bond acceptors (Lipinski definition) is 12. The standard InChI is InChI=1S/C21H41N5O7/c1-4-26-13-7-12(24)16(32-19-11(23)6-5-10(8-22)31-19)14(27)17(13)33-20-15(28)18(25-3)21(2,29)9-30-20/h5,11-20,25-29H,4,6-9,22-24H2,1-3H3/t11-,12+,13-,14+,15-,16-,17+,18-,19+,20-,21+/m1/s1. The molecule has 12 heteroatoms. The Morgan fingerprint density at radius 3 is 2.48 bits per heavy atom. The van der Waals surface area contributed by atoms with Gasteiger partial charge in [-0.2, -0.15) is 0 Å². The first-order valence-corrected chi connectivity index (χ1v) is 11.6. The molecule has 0 unspecified atom stereocenters. The Bertz CT molecular complexity index is 669. The summed E-state index contributed by atoms with van der Waals surface area (Å²) in [5.41, 5.74) is 16.9. The molecule has 1 saturated carbocycles. The Hall–Kier alpha value is -0.900. The van der Waals surface area contributed by atoms with Gasteiger partial charge in [-0.25, -0.2) is 0 Å². The Morgan fingerprint density at radius 2 is 1.85 bits per heavy atom. The largest absolute Gasteiger partial charge is 0.467 e. The van der Waals surface area contributed by atoms with E-state index in [9.17, 15) is 15.3 Å². The van der Waals surface area contributed by atoms with Crippen LogP contribution in [0.3, 0.4) is 0 Å². The zero-order valence-electron chi connectivity index (χ0n) is 19.6. The molecule has 0 radical (unpaired) electrons. The summed E-state index contributed by atoms with van der Waals surface area (Å²) < 4.78 is 23.6. The highest BCUT2D eigenvalue weighted by Gasteiger charge is 2.51. The molecule has 12 nitrogen and oxygen atoms in total. The van der Waals surface area contributed by atoms with E-state index in [4.69, 9.17) is 36.1 Å². The van der Waals surface area contributed by atoms with Gasteiger partial charge in [0.2, 0.25) is 6.29 Å². The summed E-state index contributed by atoms with van der Waals surface area (Å²) in [6.07, 6.45) is -3.05. The van der Waals surface area contributed by atoms with Crippen LogP contribution < -0.4 is 27.8 Å². The second-order valence-electron chi connectivity index (χ2n) is 9.31. The second-order valence-corrected chi connectivity index (χ2v) is 9.31. The molecule has 11 atom stereocenters. The van der Waals surface area contributed by atoms with E-state index in [0.717, 1.165) is 0 Å². The number of nitrogens with two attached hydrogens (primary N) is 3. The molecule has 0 spiro atoms. The van der Waals surface area contributed by atoms with Crippen LogP contribution >= 0.6 is 0 Å². The molecule has 2 aliphatic heterocycles. The van der Waals surface area contributed by atoms with Crippen molar-refractivity contribution in [2.75, 3.05) is 26.7 Å². The van der Waals surface area contributed by atoms with Gasteiger partial charge >= 0.3 is 0 Å². The van der Waals surface area contributed by atoms with Crippen molar-refractivity contribution in [3.8, 4) is 0 Å². The molecule has 192 valence electrons. The van der Waals surface area contributed by atoms with E-state index in [0.29, 0.717) is 25.1 Å². The first-order chi connectivity index (χ1) is 15.6. The summed E-state index contributed by atoms with van der Waals surface area (Å²) in [6, 6.07) is -1.95. The van der Waals surface area contributed by atoms with Crippen LogP contribution in [-0.2, 0) is 18.9 Å². The van der Waals surface area contributed by atoms with Crippen molar-refractivity contribution >= 4 is 0 Å². The Labute approximate surface area is 194 Å². The number of likely N-dealkylation sites (N-methyl/N-ethyl adjacent to an activating group) is 2. The van der Waals surface area contributed by atoms with E-state index < -0.39 is 60.7 Å². The minimum absolute atomic E-state index is 0.0483. The van der Waals surface area contributed by atoms with Crippen LogP contribution in [0, 0.1) is 0 Å². The Kier molecular flexibility index (Phi) is 9.08. The number of aliphatic hydroxyl groups is 3. The predicted octanol–water partition coefficient (Wildman–Crippen LogP) is -3.20. The highest BCUT2D eigenvalue weighted by atomic mass is 16.7. The fraction of sp³-hybridized carbons (Fsp3) is 0.905. The van der Waals surface area contributed by atoms with Gasteiger partial charge in [0.25, 0.3) is 0 Å². The normalized spacial score (nSPS) is 46.5. The van der Waals surface area contributed by atoms with Crippen molar-refractivity contribution in [1.82, 2.24) is 10.6 Å². The second kappa shape index (κ2) is 11.2. The maximum atomic E-state index is 11.3. The molecule has 0 amide bonds. The molecule has 1 aliphatic carbocycles. The molecule has 2 fully saturated rings. The lowest BCUT2D eigenvalue weighted by Crippen LogP contribution is -2.69. The lowest BCUT2D eigenvalue weighted by molar-refractivity contribution is -0.304. The van der Waals surface area contributed by atoms with E-state index in [1.54, 1.807) is 14.0 Å². The summed E-state index contributed by atoms with van der Waals surface area (Å²) in [7, 11) is 1.64. The van der Waals surface area contributed by atoms with Crippen LogP contribution in [0.2, 0.25) is 0 Å². The smallest absolute Gasteiger partial charge is 0.215 e. The van der Waals surface area contributed by atoms with Gasteiger partial charge in [0.05, 0.1) is 25.2 Å². The quantitative estimate of drug-likeness (QED) is 0.175. The van der Waals surface area contributed by atoms with Gasteiger partial charge in [-0.05, 0) is 39.4 Å². The van der Waals surface area contributed by atoms with Crippen LogP contribution in [0.25, 0.3) is 0 Å². The van der Waals surface area contributed by atoms with Gasteiger partial charge in [0.1, 0.15) is 35.8 Å². The lowest BCUT2D eigenvalue weighted by atomic mass is 9.83. The fourth-order valence-electron chi connectivity index (χ4n) is 4.86. The van der Waals surface area contributed by atoms with Crippen molar-refractivity contribution in [2.45, 2.75) is 93.5 Å². The number of ether oxygens (including phenoxy) is 4. The first kappa shape index (κ1) is 26.7. The van der Waals surface area contributed by atoms with Crippen LogP contribution in [0.4, 0.5) is 0 Å². The number of aliphatic hydroxyl groups excluding tert-OH is 2. The van der Waals surface area contributed by atoms with Crippen molar-refractivity contribution in [1.29, 1.82) is 0 Å². The van der Waals surface area contributed by atoms with Crippen molar-refractivity contribution < 1.29 is 34.3 Å². The summed E-state index contributed by atoms with van der Waals surface area (Å²) in [5, 5.41) is 38.8. The summed E-state index contributed by atoms with van der Waals surface area (Å²) in [5.74, 6) is 0.572.